The van der Waals surface area contributed by atoms with E-state index in [9.17, 15) is 4.79 Å². The summed E-state index contributed by atoms with van der Waals surface area (Å²) < 4.78 is 5.90. The highest BCUT2D eigenvalue weighted by Gasteiger charge is 2.19. The van der Waals surface area contributed by atoms with E-state index >= 15 is 0 Å². The minimum absolute atomic E-state index is 0.616. The summed E-state index contributed by atoms with van der Waals surface area (Å²) in [6, 6.07) is 10.1. The summed E-state index contributed by atoms with van der Waals surface area (Å²) >= 11 is 0. The van der Waals surface area contributed by atoms with Crippen LogP contribution in [-0.4, -0.2) is 12.9 Å². The average molecular weight is 281 g/mol. The molecule has 0 fully saturated rings. The molecule has 0 atom stereocenters. The highest BCUT2D eigenvalue weighted by molar-refractivity contribution is 5.88. The third-order valence-corrected chi connectivity index (χ3v) is 3.80. The molecule has 2 heteroatoms. The number of hydrogen-bond donors (Lipinski definition) is 0. The van der Waals surface area contributed by atoms with E-state index in [0.29, 0.717) is 12.2 Å². The molecule has 0 aliphatic heterocycles. The van der Waals surface area contributed by atoms with Crippen LogP contribution in [0.25, 0.3) is 11.1 Å². The fourth-order valence-corrected chi connectivity index (χ4v) is 2.81. The molecule has 0 bridgehead atoms. The molecule has 0 aliphatic rings. The van der Waals surface area contributed by atoms with Gasteiger partial charge in [0.25, 0.3) is 0 Å². The first kappa shape index (κ1) is 15.3. The standard InChI is InChI=1S/C19H21O2/c1-5-11-21-19-14(3)17(12-20)13(2)18(15(19)4)16-9-7-6-8-10-16/h6-10H,5,11H2,1-4H3. The Balaban J connectivity index is 2.72. The normalized spacial score (nSPS) is 10.5. The summed E-state index contributed by atoms with van der Waals surface area (Å²) in [6.07, 6.45) is 3.03. The van der Waals surface area contributed by atoms with Gasteiger partial charge in [-0.1, -0.05) is 37.3 Å². The molecule has 0 unspecified atom stereocenters. The molecular weight excluding hydrogens is 260 g/mol. The molecule has 0 amide bonds. The molecule has 0 spiro atoms. The van der Waals surface area contributed by atoms with Crippen molar-refractivity contribution in [2.45, 2.75) is 34.1 Å². The lowest BCUT2D eigenvalue weighted by molar-refractivity contribution is 0.313. The van der Waals surface area contributed by atoms with E-state index in [1.54, 1.807) is 0 Å². The van der Waals surface area contributed by atoms with Crippen LogP contribution in [0.3, 0.4) is 0 Å². The van der Waals surface area contributed by atoms with Gasteiger partial charge in [0.1, 0.15) is 5.75 Å². The molecule has 2 rings (SSSR count). The van der Waals surface area contributed by atoms with Crippen LogP contribution >= 0.6 is 0 Å². The highest BCUT2D eigenvalue weighted by atomic mass is 16.5. The van der Waals surface area contributed by atoms with E-state index in [-0.39, 0.29) is 0 Å². The summed E-state index contributed by atoms with van der Waals surface area (Å²) in [7, 11) is 0. The molecular formula is C19H21O2. The lowest BCUT2D eigenvalue weighted by atomic mass is 9.89. The fourth-order valence-electron chi connectivity index (χ4n) is 2.81. The topological polar surface area (TPSA) is 26.3 Å². The number of hydrogen-bond acceptors (Lipinski definition) is 2. The molecule has 2 aromatic rings. The van der Waals surface area contributed by atoms with Crippen molar-refractivity contribution in [1.29, 1.82) is 0 Å². The lowest BCUT2D eigenvalue weighted by Crippen LogP contribution is -2.06. The number of carbonyl (C=O) groups excluding carboxylic acids is 1. The van der Waals surface area contributed by atoms with E-state index in [0.717, 1.165) is 40.0 Å². The van der Waals surface area contributed by atoms with Crippen LogP contribution in [0.5, 0.6) is 5.75 Å². The van der Waals surface area contributed by atoms with E-state index in [2.05, 4.69) is 32.3 Å². The maximum absolute atomic E-state index is 11.4. The van der Waals surface area contributed by atoms with Gasteiger partial charge in [0.05, 0.1) is 6.61 Å². The lowest BCUT2D eigenvalue weighted by Gasteiger charge is -2.20. The molecule has 0 saturated carbocycles. The summed E-state index contributed by atoms with van der Waals surface area (Å²) in [5.74, 6) is 0.819. The fraction of sp³-hybridized carbons (Fsp3) is 0.316. The van der Waals surface area contributed by atoms with Crippen LogP contribution in [-0.2, 0) is 4.79 Å². The van der Waals surface area contributed by atoms with Crippen molar-refractivity contribution in [2.24, 2.45) is 0 Å². The van der Waals surface area contributed by atoms with Crippen LogP contribution in [0, 0.1) is 20.8 Å². The van der Waals surface area contributed by atoms with Crippen LogP contribution in [0.1, 0.15) is 35.6 Å². The van der Waals surface area contributed by atoms with Gasteiger partial charge in [-0.25, -0.2) is 0 Å². The van der Waals surface area contributed by atoms with Crippen molar-refractivity contribution >= 4 is 6.29 Å². The molecule has 0 N–H and O–H groups in total. The third-order valence-electron chi connectivity index (χ3n) is 3.80. The molecule has 0 heterocycles. The van der Waals surface area contributed by atoms with Crippen LogP contribution in [0.2, 0.25) is 0 Å². The summed E-state index contributed by atoms with van der Waals surface area (Å²) in [5, 5.41) is 0. The summed E-state index contributed by atoms with van der Waals surface area (Å²) in [5.41, 5.74) is 5.73. The molecule has 109 valence electrons. The smallest absolute Gasteiger partial charge is 0.234 e. The van der Waals surface area contributed by atoms with Gasteiger partial charge in [-0.2, -0.15) is 0 Å². The van der Waals surface area contributed by atoms with Crippen LogP contribution < -0.4 is 4.74 Å². The Hall–Kier alpha value is -2.09. The van der Waals surface area contributed by atoms with Gasteiger partial charge in [-0.15, -0.1) is 0 Å². The zero-order valence-corrected chi connectivity index (χ0v) is 13.1. The predicted octanol–water partition coefficient (Wildman–Crippen LogP) is 4.53. The van der Waals surface area contributed by atoms with Crippen LogP contribution in [0.4, 0.5) is 0 Å². The Bertz CT molecular complexity index is 643. The predicted molar refractivity (Wildman–Crippen MR) is 86.7 cm³/mol. The second-order valence-electron chi connectivity index (χ2n) is 5.27. The molecule has 21 heavy (non-hydrogen) atoms. The van der Waals surface area contributed by atoms with E-state index < -0.39 is 0 Å². The Labute approximate surface area is 126 Å². The van der Waals surface area contributed by atoms with E-state index in [4.69, 9.17) is 4.74 Å². The number of benzene rings is 2. The van der Waals surface area contributed by atoms with Crippen LogP contribution in [0.15, 0.2) is 30.3 Å². The minimum Gasteiger partial charge on any atom is -0.493 e. The molecule has 0 saturated heterocycles. The van der Waals surface area contributed by atoms with E-state index in [1.807, 2.05) is 32.0 Å². The second-order valence-corrected chi connectivity index (χ2v) is 5.27. The highest BCUT2D eigenvalue weighted by Crippen LogP contribution is 2.38. The van der Waals surface area contributed by atoms with Gasteiger partial charge in [-0.05, 0) is 49.4 Å². The first-order valence-corrected chi connectivity index (χ1v) is 7.31. The van der Waals surface area contributed by atoms with E-state index in [1.165, 1.54) is 0 Å². The van der Waals surface area contributed by atoms with Crippen molar-refractivity contribution < 1.29 is 9.53 Å². The SMILES string of the molecule is CCCOc1c(C)c([C]=O)c(C)c(-c2ccccc2)c1C. The molecule has 2 nitrogen and oxygen atoms in total. The largest absolute Gasteiger partial charge is 0.493 e. The average Bonchev–Trinajstić information content (AvgIpc) is 2.49. The summed E-state index contributed by atoms with van der Waals surface area (Å²) in [6.45, 7) is 8.69. The van der Waals surface area contributed by atoms with Crippen molar-refractivity contribution in [2.75, 3.05) is 6.61 Å². The molecule has 2 aromatic carbocycles. The Morgan fingerprint density at radius 2 is 1.67 bits per heavy atom. The second kappa shape index (κ2) is 6.57. The van der Waals surface area contributed by atoms with Gasteiger partial charge < -0.3 is 4.74 Å². The molecule has 1 radical (unpaired) electrons. The van der Waals surface area contributed by atoms with Gasteiger partial charge >= 0.3 is 0 Å². The third kappa shape index (κ3) is 2.85. The zero-order valence-electron chi connectivity index (χ0n) is 13.1. The Morgan fingerprint density at radius 1 is 1.00 bits per heavy atom. The maximum Gasteiger partial charge on any atom is 0.234 e. The van der Waals surface area contributed by atoms with Crippen molar-refractivity contribution in [3.63, 3.8) is 0 Å². The van der Waals surface area contributed by atoms with Gasteiger partial charge in [0.15, 0.2) is 0 Å². The quantitative estimate of drug-likeness (QED) is 0.805. The number of rotatable bonds is 5. The monoisotopic (exact) mass is 281 g/mol. The van der Waals surface area contributed by atoms with Gasteiger partial charge in [0.2, 0.25) is 6.29 Å². The first-order chi connectivity index (χ1) is 10.1. The minimum atomic E-state index is 0.616. The maximum atomic E-state index is 11.4. The first-order valence-electron chi connectivity index (χ1n) is 7.31. The Morgan fingerprint density at radius 3 is 2.24 bits per heavy atom. The van der Waals surface area contributed by atoms with Gasteiger partial charge in [-0.3, -0.25) is 4.79 Å². The van der Waals surface area contributed by atoms with Gasteiger partial charge in [0, 0.05) is 11.1 Å². The van der Waals surface area contributed by atoms with Crippen molar-refractivity contribution in [3.05, 3.63) is 52.6 Å². The van der Waals surface area contributed by atoms with Crippen molar-refractivity contribution in [1.82, 2.24) is 0 Å². The zero-order chi connectivity index (χ0) is 15.4. The van der Waals surface area contributed by atoms with Crippen molar-refractivity contribution in [3.8, 4) is 16.9 Å². The molecule has 0 aromatic heterocycles. The molecule has 0 aliphatic carbocycles. The number of ether oxygens (including phenoxy) is 1. The summed E-state index contributed by atoms with van der Waals surface area (Å²) in [4.78, 5) is 11.4. The Kier molecular flexibility index (Phi) is 4.79.